The zero-order valence-electron chi connectivity index (χ0n) is 19.3. The lowest BCUT2D eigenvalue weighted by atomic mass is 9.72. The van der Waals surface area contributed by atoms with Crippen molar-refractivity contribution < 1.29 is 19.1 Å². The third-order valence-electron chi connectivity index (χ3n) is 6.14. The Labute approximate surface area is 189 Å². The van der Waals surface area contributed by atoms with Crippen LogP contribution < -0.4 is 10.1 Å². The normalized spacial score (nSPS) is 16.9. The second-order valence-electron chi connectivity index (χ2n) is 9.27. The van der Waals surface area contributed by atoms with E-state index in [-0.39, 0.29) is 11.3 Å². The summed E-state index contributed by atoms with van der Waals surface area (Å²) in [4.78, 5) is 26.9. The van der Waals surface area contributed by atoms with Crippen LogP contribution in [0.4, 0.5) is 5.00 Å². The van der Waals surface area contributed by atoms with Gasteiger partial charge in [-0.3, -0.25) is 4.79 Å². The fourth-order valence-corrected chi connectivity index (χ4v) is 5.41. The molecular weight excluding hydrogens is 410 g/mol. The van der Waals surface area contributed by atoms with Gasteiger partial charge in [-0.1, -0.05) is 45.9 Å². The van der Waals surface area contributed by atoms with E-state index in [9.17, 15) is 9.59 Å². The molecule has 1 heterocycles. The summed E-state index contributed by atoms with van der Waals surface area (Å²) in [7, 11) is 1.38. The number of rotatable bonds is 6. The second-order valence-corrected chi connectivity index (χ2v) is 10.4. The molecule has 0 spiro atoms. The first-order valence-corrected chi connectivity index (χ1v) is 11.7. The predicted molar refractivity (Wildman–Crippen MR) is 125 cm³/mol. The van der Waals surface area contributed by atoms with Crippen molar-refractivity contribution in [1.82, 2.24) is 0 Å². The lowest BCUT2D eigenvalue weighted by Crippen LogP contribution is -2.32. The highest BCUT2D eigenvalue weighted by Gasteiger charge is 2.35. The highest BCUT2D eigenvalue weighted by molar-refractivity contribution is 7.17. The molecule has 2 unspecified atom stereocenters. The first kappa shape index (κ1) is 23.3. The smallest absolute Gasteiger partial charge is 0.341 e. The fraction of sp³-hybridized carbons (Fsp3) is 0.520. The Kier molecular flexibility index (Phi) is 7.10. The third-order valence-corrected chi connectivity index (χ3v) is 7.31. The molecule has 1 amide bonds. The van der Waals surface area contributed by atoms with Crippen LogP contribution in [-0.2, 0) is 22.4 Å². The molecule has 0 aliphatic heterocycles. The van der Waals surface area contributed by atoms with Crippen molar-refractivity contribution in [2.75, 3.05) is 12.4 Å². The van der Waals surface area contributed by atoms with Crippen LogP contribution in [0.5, 0.6) is 5.75 Å². The van der Waals surface area contributed by atoms with Gasteiger partial charge in [-0.05, 0) is 61.1 Å². The van der Waals surface area contributed by atoms with E-state index in [1.165, 1.54) is 23.3 Å². The topological polar surface area (TPSA) is 64.6 Å². The average molecular weight is 444 g/mol. The van der Waals surface area contributed by atoms with Crippen molar-refractivity contribution in [2.45, 2.75) is 66.4 Å². The summed E-state index contributed by atoms with van der Waals surface area (Å²) < 4.78 is 11.1. The molecule has 1 aromatic heterocycles. The van der Waals surface area contributed by atoms with Crippen molar-refractivity contribution in [3.8, 4) is 5.75 Å². The maximum absolute atomic E-state index is 13.1. The Morgan fingerprint density at radius 2 is 1.97 bits per heavy atom. The van der Waals surface area contributed by atoms with Crippen molar-refractivity contribution in [1.29, 1.82) is 0 Å². The summed E-state index contributed by atoms with van der Waals surface area (Å²) in [5.41, 5.74) is 2.71. The van der Waals surface area contributed by atoms with E-state index in [0.717, 1.165) is 30.4 Å². The average Bonchev–Trinajstić information content (AvgIpc) is 3.08. The van der Waals surface area contributed by atoms with E-state index in [1.807, 2.05) is 38.1 Å². The molecule has 31 heavy (non-hydrogen) atoms. The van der Waals surface area contributed by atoms with Gasteiger partial charge in [0.2, 0.25) is 0 Å². The molecule has 2 aromatic rings. The zero-order valence-corrected chi connectivity index (χ0v) is 20.2. The lowest BCUT2D eigenvalue weighted by Gasteiger charge is -2.33. The first-order valence-electron chi connectivity index (χ1n) is 10.9. The number of aryl methyl sites for hydroxylation is 1. The molecular formula is C25H33NO4S. The maximum atomic E-state index is 13.1. The van der Waals surface area contributed by atoms with Crippen LogP contribution in [0.2, 0.25) is 0 Å². The molecule has 1 aliphatic carbocycles. The Hall–Kier alpha value is -2.34. The molecule has 0 radical (unpaired) electrons. The Bertz CT molecular complexity index is 957. The minimum atomic E-state index is -0.645. The van der Waals surface area contributed by atoms with Crippen LogP contribution in [0.1, 0.15) is 66.9 Å². The van der Waals surface area contributed by atoms with Gasteiger partial charge in [0, 0.05) is 4.88 Å². The van der Waals surface area contributed by atoms with Crippen LogP contribution in [0.15, 0.2) is 24.3 Å². The molecule has 0 saturated carbocycles. The van der Waals surface area contributed by atoms with Gasteiger partial charge in [0.05, 0.1) is 12.7 Å². The van der Waals surface area contributed by atoms with Crippen LogP contribution in [0, 0.1) is 18.3 Å². The number of carbonyl (C=O) groups is 2. The summed E-state index contributed by atoms with van der Waals surface area (Å²) in [6.45, 7) is 10.6. The number of esters is 1. The fourth-order valence-electron chi connectivity index (χ4n) is 4.09. The van der Waals surface area contributed by atoms with Gasteiger partial charge in [0.1, 0.15) is 10.8 Å². The molecule has 6 heteroatoms. The van der Waals surface area contributed by atoms with E-state index < -0.39 is 12.1 Å². The van der Waals surface area contributed by atoms with E-state index >= 15 is 0 Å². The zero-order chi connectivity index (χ0) is 22.8. The van der Waals surface area contributed by atoms with E-state index in [4.69, 9.17) is 9.47 Å². The van der Waals surface area contributed by atoms with Gasteiger partial charge in [0.15, 0.2) is 6.10 Å². The second kappa shape index (κ2) is 9.43. The lowest BCUT2D eigenvalue weighted by molar-refractivity contribution is -0.122. The largest absolute Gasteiger partial charge is 0.480 e. The number of ether oxygens (including phenoxy) is 2. The number of carbonyl (C=O) groups excluding carboxylic acids is 2. The molecule has 0 fully saturated rings. The Morgan fingerprint density at radius 3 is 2.58 bits per heavy atom. The molecule has 0 saturated heterocycles. The number of benzene rings is 1. The number of fused-ring (bicyclic) bond motifs is 1. The van der Waals surface area contributed by atoms with Crippen molar-refractivity contribution in [3.63, 3.8) is 0 Å². The number of anilines is 1. The molecule has 2 atom stereocenters. The highest BCUT2D eigenvalue weighted by atomic mass is 32.1. The molecule has 3 rings (SSSR count). The van der Waals surface area contributed by atoms with Gasteiger partial charge >= 0.3 is 5.97 Å². The predicted octanol–water partition coefficient (Wildman–Crippen LogP) is 5.79. The van der Waals surface area contributed by atoms with Gasteiger partial charge in [-0.25, -0.2) is 4.79 Å². The van der Waals surface area contributed by atoms with Gasteiger partial charge in [0.25, 0.3) is 5.91 Å². The minimum Gasteiger partial charge on any atom is -0.480 e. The van der Waals surface area contributed by atoms with Crippen LogP contribution in [-0.4, -0.2) is 25.1 Å². The Balaban J connectivity index is 1.86. The van der Waals surface area contributed by atoms with Crippen LogP contribution in [0.3, 0.4) is 0 Å². The maximum Gasteiger partial charge on any atom is 0.341 e. The van der Waals surface area contributed by atoms with Crippen molar-refractivity contribution in [3.05, 3.63) is 45.8 Å². The molecule has 1 aromatic carbocycles. The van der Waals surface area contributed by atoms with E-state index in [1.54, 1.807) is 0 Å². The number of para-hydroxylation sites is 1. The van der Waals surface area contributed by atoms with E-state index in [2.05, 4.69) is 26.1 Å². The van der Waals surface area contributed by atoms with Gasteiger partial charge < -0.3 is 14.8 Å². The van der Waals surface area contributed by atoms with E-state index in [0.29, 0.717) is 28.7 Å². The minimum absolute atomic E-state index is 0.200. The number of methoxy groups -OCH3 is 1. The van der Waals surface area contributed by atoms with Crippen molar-refractivity contribution >= 4 is 28.2 Å². The van der Waals surface area contributed by atoms with Crippen LogP contribution >= 0.6 is 11.3 Å². The third kappa shape index (κ3) is 5.12. The molecule has 1 N–H and O–H groups in total. The summed E-state index contributed by atoms with van der Waals surface area (Å²) in [5, 5.41) is 3.55. The molecule has 1 aliphatic rings. The van der Waals surface area contributed by atoms with Gasteiger partial charge in [-0.2, -0.15) is 0 Å². The summed E-state index contributed by atoms with van der Waals surface area (Å²) in [5.74, 6) is 0.591. The van der Waals surface area contributed by atoms with Crippen molar-refractivity contribution in [2.24, 2.45) is 11.3 Å². The molecule has 5 nitrogen and oxygen atoms in total. The number of hydrogen-bond donors (Lipinski definition) is 1. The Morgan fingerprint density at radius 1 is 1.26 bits per heavy atom. The molecule has 168 valence electrons. The monoisotopic (exact) mass is 443 g/mol. The van der Waals surface area contributed by atoms with Gasteiger partial charge in [-0.15, -0.1) is 11.3 Å². The quantitative estimate of drug-likeness (QED) is 0.574. The first-order chi connectivity index (χ1) is 14.7. The number of amides is 1. The number of nitrogens with one attached hydrogen (secondary N) is 1. The number of hydrogen-bond acceptors (Lipinski definition) is 5. The molecule has 0 bridgehead atoms. The summed E-state index contributed by atoms with van der Waals surface area (Å²) >= 11 is 1.50. The summed E-state index contributed by atoms with van der Waals surface area (Å²) in [6.07, 6.45) is 2.64. The summed E-state index contributed by atoms with van der Waals surface area (Å²) in [6, 6.07) is 7.64. The van der Waals surface area contributed by atoms with Crippen LogP contribution in [0.25, 0.3) is 0 Å². The number of thiophene rings is 1. The standard InChI is InChI=1S/C25H33NO4S/c1-7-18(30-19-11-9-8-10-15(19)2)22(27)26-23-21(24(28)29-6)17-13-12-16(25(3,4)5)14-20(17)31-23/h8-11,16,18H,7,12-14H2,1-6H3,(H,26,27). The highest BCUT2D eigenvalue weighted by Crippen LogP contribution is 2.44. The SMILES string of the molecule is CCC(Oc1ccccc1C)C(=O)Nc1sc2c(c1C(=O)OC)CCC(C(C)(C)C)C2.